The van der Waals surface area contributed by atoms with Crippen LogP contribution in [-0.2, 0) is 28.9 Å². The maximum absolute atomic E-state index is 12.9. The molecule has 7 heteroatoms. The molecule has 0 bridgehead atoms. The molecule has 1 N–H and O–H groups in total. The predicted octanol–water partition coefficient (Wildman–Crippen LogP) is 3.39. The fraction of sp³-hybridized carbons (Fsp3) is 0.560. The second-order valence-corrected chi connectivity index (χ2v) is 9.07. The summed E-state index contributed by atoms with van der Waals surface area (Å²) >= 11 is 0. The van der Waals surface area contributed by atoms with Gasteiger partial charge in [-0.15, -0.1) is 0 Å². The van der Waals surface area contributed by atoms with Crippen molar-refractivity contribution in [3.05, 3.63) is 51.8 Å². The van der Waals surface area contributed by atoms with Crippen molar-refractivity contribution >= 4 is 11.9 Å². The van der Waals surface area contributed by atoms with Gasteiger partial charge < -0.3 is 14.8 Å². The Balaban J connectivity index is 1.46. The standard InChI is InChI=1S/C25H33N3O4/c1-4-28-22-19(15-25(16-26-23(22)29)10-13-31-14-11-25)20(27-28)9-6-12-32-24(30)21-17(2)7-5-8-18(21)3/h5,7-8H,4,6,9-16H2,1-3H3,(H,26,29). The van der Waals surface area contributed by atoms with Gasteiger partial charge in [-0.05, 0) is 69.4 Å². The molecule has 32 heavy (non-hydrogen) atoms. The molecule has 0 unspecified atom stereocenters. The second-order valence-electron chi connectivity index (χ2n) is 9.07. The van der Waals surface area contributed by atoms with Crippen LogP contribution in [0.3, 0.4) is 0 Å². The van der Waals surface area contributed by atoms with Crippen molar-refractivity contribution in [2.45, 2.75) is 59.4 Å². The molecule has 172 valence electrons. The SMILES string of the molecule is CCn1nc(CCCOC(=O)c2c(C)cccc2C)c2c1C(=O)NCC1(CCOCC1)C2. The third-order valence-electron chi connectivity index (χ3n) is 6.85. The predicted molar refractivity (Wildman–Crippen MR) is 121 cm³/mol. The third-order valence-corrected chi connectivity index (χ3v) is 6.85. The molecule has 0 aliphatic carbocycles. The lowest BCUT2D eigenvalue weighted by Crippen LogP contribution is -2.40. The maximum Gasteiger partial charge on any atom is 0.338 e. The highest BCUT2D eigenvalue weighted by Crippen LogP contribution is 2.37. The van der Waals surface area contributed by atoms with E-state index in [0.29, 0.717) is 43.8 Å². The lowest BCUT2D eigenvalue weighted by atomic mass is 9.75. The van der Waals surface area contributed by atoms with Crippen LogP contribution < -0.4 is 5.32 Å². The van der Waals surface area contributed by atoms with Crippen molar-refractivity contribution in [2.75, 3.05) is 26.4 Å². The van der Waals surface area contributed by atoms with Gasteiger partial charge in [0.2, 0.25) is 0 Å². The quantitative estimate of drug-likeness (QED) is 0.551. The Morgan fingerprint density at radius 3 is 2.66 bits per heavy atom. The molecule has 2 aromatic rings. The fourth-order valence-electron chi connectivity index (χ4n) is 4.98. The van der Waals surface area contributed by atoms with E-state index < -0.39 is 0 Å². The number of hydrogen-bond donors (Lipinski definition) is 1. The number of fused-ring (bicyclic) bond motifs is 1. The number of ether oxygens (including phenoxy) is 2. The van der Waals surface area contributed by atoms with E-state index in [0.717, 1.165) is 54.9 Å². The van der Waals surface area contributed by atoms with Gasteiger partial charge in [-0.3, -0.25) is 9.48 Å². The number of aromatic nitrogens is 2. The number of hydrogen-bond acceptors (Lipinski definition) is 5. The number of esters is 1. The molecular formula is C25H33N3O4. The van der Waals surface area contributed by atoms with Crippen LogP contribution in [0.15, 0.2) is 18.2 Å². The summed E-state index contributed by atoms with van der Waals surface area (Å²) in [6.45, 7) is 8.97. The number of benzene rings is 1. The summed E-state index contributed by atoms with van der Waals surface area (Å²) in [5, 5.41) is 7.90. The van der Waals surface area contributed by atoms with Gasteiger partial charge in [0.1, 0.15) is 5.69 Å². The van der Waals surface area contributed by atoms with E-state index >= 15 is 0 Å². The summed E-state index contributed by atoms with van der Waals surface area (Å²) in [5.74, 6) is -0.315. The number of amides is 1. The van der Waals surface area contributed by atoms with Crippen molar-refractivity contribution in [1.29, 1.82) is 0 Å². The van der Waals surface area contributed by atoms with Gasteiger partial charge in [0.05, 0.1) is 17.9 Å². The largest absolute Gasteiger partial charge is 0.462 e. The van der Waals surface area contributed by atoms with Crippen molar-refractivity contribution in [3.63, 3.8) is 0 Å². The number of carbonyl (C=O) groups excluding carboxylic acids is 2. The molecule has 1 spiro atoms. The van der Waals surface area contributed by atoms with E-state index in [4.69, 9.17) is 14.6 Å². The van der Waals surface area contributed by atoms with Crippen LogP contribution in [0.5, 0.6) is 0 Å². The monoisotopic (exact) mass is 439 g/mol. The molecular weight excluding hydrogens is 406 g/mol. The number of aryl methyl sites for hydroxylation is 4. The summed E-state index contributed by atoms with van der Waals surface area (Å²) < 4.78 is 13.0. The van der Waals surface area contributed by atoms with Gasteiger partial charge in [-0.2, -0.15) is 5.10 Å². The minimum atomic E-state index is -0.279. The zero-order valence-electron chi connectivity index (χ0n) is 19.3. The summed E-state index contributed by atoms with van der Waals surface area (Å²) in [6.07, 6.45) is 4.06. The van der Waals surface area contributed by atoms with Crippen LogP contribution in [0.2, 0.25) is 0 Å². The Bertz CT molecular complexity index is 985. The minimum Gasteiger partial charge on any atom is -0.462 e. The normalized spacial score (nSPS) is 17.5. The van der Waals surface area contributed by atoms with E-state index in [2.05, 4.69) is 5.32 Å². The lowest BCUT2D eigenvalue weighted by Gasteiger charge is -2.36. The molecule has 4 rings (SSSR count). The molecule has 1 aromatic heterocycles. The maximum atomic E-state index is 12.9. The molecule has 0 atom stereocenters. The Morgan fingerprint density at radius 2 is 1.97 bits per heavy atom. The van der Waals surface area contributed by atoms with Crippen LogP contribution in [-0.4, -0.2) is 48.0 Å². The van der Waals surface area contributed by atoms with E-state index in [9.17, 15) is 9.59 Å². The van der Waals surface area contributed by atoms with Crippen molar-refractivity contribution < 1.29 is 19.1 Å². The van der Waals surface area contributed by atoms with Crippen LogP contribution in [0, 0.1) is 19.3 Å². The first-order valence-electron chi connectivity index (χ1n) is 11.6. The molecule has 1 saturated heterocycles. The van der Waals surface area contributed by atoms with Gasteiger partial charge in [0.25, 0.3) is 5.91 Å². The second kappa shape index (κ2) is 9.45. The van der Waals surface area contributed by atoms with Crippen LogP contribution >= 0.6 is 0 Å². The van der Waals surface area contributed by atoms with Crippen molar-refractivity contribution in [2.24, 2.45) is 5.41 Å². The molecule has 2 aliphatic heterocycles. The van der Waals surface area contributed by atoms with Crippen molar-refractivity contribution in [1.82, 2.24) is 15.1 Å². The molecule has 1 aromatic carbocycles. The molecule has 1 fully saturated rings. The van der Waals surface area contributed by atoms with E-state index in [1.54, 1.807) is 0 Å². The zero-order valence-corrected chi connectivity index (χ0v) is 19.3. The summed E-state index contributed by atoms with van der Waals surface area (Å²) in [7, 11) is 0. The number of nitrogens with one attached hydrogen (secondary N) is 1. The topological polar surface area (TPSA) is 82.5 Å². The Hall–Kier alpha value is -2.67. The molecule has 3 heterocycles. The van der Waals surface area contributed by atoms with Crippen LogP contribution in [0.25, 0.3) is 0 Å². The highest BCUT2D eigenvalue weighted by atomic mass is 16.5. The first kappa shape index (κ1) is 22.5. The molecule has 1 amide bonds. The summed E-state index contributed by atoms with van der Waals surface area (Å²) in [6, 6.07) is 5.79. The molecule has 0 saturated carbocycles. The first-order valence-corrected chi connectivity index (χ1v) is 11.6. The van der Waals surface area contributed by atoms with Gasteiger partial charge >= 0.3 is 5.97 Å². The highest BCUT2D eigenvalue weighted by Gasteiger charge is 2.39. The van der Waals surface area contributed by atoms with Gasteiger partial charge in [0, 0.05) is 31.9 Å². The van der Waals surface area contributed by atoms with E-state index in [1.807, 2.05) is 43.7 Å². The van der Waals surface area contributed by atoms with Gasteiger partial charge in [-0.25, -0.2) is 4.79 Å². The number of rotatable bonds is 6. The average Bonchev–Trinajstić information content (AvgIpc) is 3.05. The zero-order chi connectivity index (χ0) is 22.7. The van der Waals surface area contributed by atoms with Gasteiger partial charge in [-0.1, -0.05) is 18.2 Å². The van der Waals surface area contributed by atoms with Crippen LogP contribution in [0.1, 0.15) is 69.4 Å². The summed E-state index contributed by atoms with van der Waals surface area (Å²) in [5.41, 5.74) is 5.24. The van der Waals surface area contributed by atoms with E-state index in [1.165, 1.54) is 0 Å². The highest BCUT2D eigenvalue weighted by molar-refractivity contribution is 5.95. The Labute approximate surface area is 189 Å². The number of nitrogens with zero attached hydrogens (tertiary/aromatic N) is 2. The van der Waals surface area contributed by atoms with Crippen molar-refractivity contribution in [3.8, 4) is 0 Å². The average molecular weight is 440 g/mol. The third kappa shape index (κ3) is 4.44. The molecule has 2 aliphatic rings. The Kier molecular flexibility index (Phi) is 6.65. The Morgan fingerprint density at radius 1 is 1.25 bits per heavy atom. The first-order chi connectivity index (χ1) is 15.4. The smallest absolute Gasteiger partial charge is 0.338 e. The minimum absolute atomic E-state index is 0.0321. The number of carbonyl (C=O) groups is 2. The fourth-order valence-corrected chi connectivity index (χ4v) is 4.98. The molecule has 7 nitrogen and oxygen atoms in total. The molecule has 0 radical (unpaired) electrons. The summed E-state index contributed by atoms with van der Waals surface area (Å²) in [4.78, 5) is 25.5. The van der Waals surface area contributed by atoms with Gasteiger partial charge in [0.15, 0.2) is 0 Å². The van der Waals surface area contributed by atoms with Crippen LogP contribution in [0.4, 0.5) is 0 Å². The lowest BCUT2D eigenvalue weighted by molar-refractivity contribution is 0.0160. The van der Waals surface area contributed by atoms with E-state index in [-0.39, 0.29) is 17.3 Å².